The summed E-state index contributed by atoms with van der Waals surface area (Å²) in [6.45, 7) is 4.40. The summed E-state index contributed by atoms with van der Waals surface area (Å²) in [6, 6.07) is 7.64. The highest BCUT2D eigenvalue weighted by Crippen LogP contribution is 2.14. The molecule has 0 heterocycles. The zero-order valence-electron chi connectivity index (χ0n) is 11.0. The molecule has 1 aromatic carbocycles. The number of nitrogens with one attached hydrogen (secondary N) is 2. The predicted octanol–water partition coefficient (Wildman–Crippen LogP) is 1.24. The maximum absolute atomic E-state index is 11.1. The van der Waals surface area contributed by atoms with E-state index in [2.05, 4.69) is 10.9 Å². The SMILES string of the molecule is CNNC(=O)COCc1ccc(OC(C)C)cc1. The normalized spacial score (nSPS) is 10.4. The molecule has 0 bridgehead atoms. The van der Waals surface area contributed by atoms with Gasteiger partial charge in [-0.15, -0.1) is 0 Å². The fraction of sp³-hybridized carbons (Fsp3) is 0.462. The number of carbonyl (C=O) groups is 1. The summed E-state index contributed by atoms with van der Waals surface area (Å²) in [4.78, 5) is 11.1. The molecule has 0 saturated carbocycles. The molecule has 0 atom stereocenters. The first kappa shape index (κ1) is 14.5. The van der Waals surface area contributed by atoms with Gasteiger partial charge in [0.15, 0.2) is 0 Å². The molecular weight excluding hydrogens is 232 g/mol. The molecule has 0 spiro atoms. The highest BCUT2D eigenvalue weighted by atomic mass is 16.5. The maximum Gasteiger partial charge on any atom is 0.260 e. The molecule has 0 aliphatic rings. The topological polar surface area (TPSA) is 59.6 Å². The van der Waals surface area contributed by atoms with Crippen LogP contribution in [0.2, 0.25) is 0 Å². The van der Waals surface area contributed by atoms with Crippen LogP contribution >= 0.6 is 0 Å². The minimum atomic E-state index is -0.197. The van der Waals surface area contributed by atoms with Crippen molar-refractivity contribution in [3.05, 3.63) is 29.8 Å². The molecule has 0 aliphatic heterocycles. The van der Waals surface area contributed by atoms with Gasteiger partial charge in [0.2, 0.25) is 0 Å². The Morgan fingerprint density at radius 3 is 2.50 bits per heavy atom. The van der Waals surface area contributed by atoms with Crippen LogP contribution in [0.5, 0.6) is 5.75 Å². The van der Waals surface area contributed by atoms with E-state index in [-0.39, 0.29) is 18.6 Å². The van der Waals surface area contributed by atoms with Gasteiger partial charge in [-0.25, -0.2) is 5.43 Å². The monoisotopic (exact) mass is 252 g/mol. The summed E-state index contributed by atoms with van der Waals surface area (Å²) >= 11 is 0. The largest absolute Gasteiger partial charge is 0.491 e. The summed E-state index contributed by atoms with van der Waals surface area (Å²) in [7, 11) is 1.63. The second-order valence-corrected chi connectivity index (χ2v) is 4.10. The van der Waals surface area contributed by atoms with Gasteiger partial charge in [0.25, 0.3) is 5.91 Å². The maximum atomic E-state index is 11.1. The number of hydrogen-bond donors (Lipinski definition) is 2. The zero-order chi connectivity index (χ0) is 13.4. The lowest BCUT2D eigenvalue weighted by molar-refractivity contribution is -0.126. The van der Waals surface area contributed by atoms with Crippen LogP contribution in [-0.2, 0) is 16.1 Å². The Balaban J connectivity index is 2.33. The lowest BCUT2D eigenvalue weighted by atomic mass is 10.2. The van der Waals surface area contributed by atoms with Crippen molar-refractivity contribution >= 4 is 5.91 Å². The van der Waals surface area contributed by atoms with E-state index in [1.807, 2.05) is 38.1 Å². The van der Waals surface area contributed by atoms with Crippen LogP contribution in [-0.4, -0.2) is 25.7 Å². The highest BCUT2D eigenvalue weighted by Gasteiger charge is 2.01. The van der Waals surface area contributed by atoms with E-state index in [4.69, 9.17) is 9.47 Å². The van der Waals surface area contributed by atoms with Crippen molar-refractivity contribution in [3.8, 4) is 5.75 Å². The number of hydrogen-bond acceptors (Lipinski definition) is 4. The highest BCUT2D eigenvalue weighted by molar-refractivity contribution is 5.76. The van der Waals surface area contributed by atoms with E-state index in [1.165, 1.54) is 0 Å². The summed E-state index contributed by atoms with van der Waals surface area (Å²) in [5.41, 5.74) is 5.98. The van der Waals surface area contributed by atoms with Crippen LogP contribution < -0.4 is 15.6 Å². The molecule has 0 radical (unpaired) electrons. The van der Waals surface area contributed by atoms with Crippen molar-refractivity contribution in [1.29, 1.82) is 0 Å². The Morgan fingerprint density at radius 1 is 1.28 bits per heavy atom. The number of carbonyl (C=O) groups excluding carboxylic acids is 1. The molecule has 1 rings (SSSR count). The molecule has 0 aromatic heterocycles. The first-order chi connectivity index (χ1) is 8.61. The Bertz CT molecular complexity index is 363. The summed E-state index contributed by atoms with van der Waals surface area (Å²) in [6.07, 6.45) is 0.164. The molecule has 0 unspecified atom stereocenters. The van der Waals surface area contributed by atoms with E-state index >= 15 is 0 Å². The molecule has 100 valence electrons. The summed E-state index contributed by atoms with van der Waals surface area (Å²) in [5, 5.41) is 0. The second kappa shape index (κ2) is 7.68. The van der Waals surface area contributed by atoms with Crippen molar-refractivity contribution in [3.63, 3.8) is 0 Å². The van der Waals surface area contributed by atoms with E-state index < -0.39 is 0 Å². The van der Waals surface area contributed by atoms with Crippen molar-refractivity contribution in [1.82, 2.24) is 10.9 Å². The van der Waals surface area contributed by atoms with Crippen molar-refractivity contribution < 1.29 is 14.3 Å². The van der Waals surface area contributed by atoms with Gasteiger partial charge < -0.3 is 9.47 Å². The Morgan fingerprint density at radius 2 is 1.94 bits per heavy atom. The molecular formula is C13H20N2O3. The molecule has 0 saturated heterocycles. The number of amides is 1. The number of ether oxygens (including phenoxy) is 2. The van der Waals surface area contributed by atoms with Crippen molar-refractivity contribution in [2.75, 3.05) is 13.7 Å². The van der Waals surface area contributed by atoms with E-state index in [0.29, 0.717) is 6.61 Å². The molecule has 5 heteroatoms. The standard InChI is InChI=1S/C13H20N2O3/c1-10(2)18-12-6-4-11(5-7-12)8-17-9-13(16)15-14-3/h4-7,10,14H,8-9H2,1-3H3,(H,15,16). The zero-order valence-corrected chi connectivity index (χ0v) is 11.0. The number of hydrazine groups is 1. The van der Waals surface area contributed by atoms with E-state index in [9.17, 15) is 4.79 Å². The Kier molecular flexibility index (Phi) is 6.18. The summed E-state index contributed by atoms with van der Waals surface area (Å²) in [5.74, 6) is 0.638. The third kappa shape index (κ3) is 5.65. The van der Waals surface area contributed by atoms with Crippen LogP contribution in [0.25, 0.3) is 0 Å². The van der Waals surface area contributed by atoms with Crippen LogP contribution in [0, 0.1) is 0 Å². The van der Waals surface area contributed by atoms with Gasteiger partial charge in [0, 0.05) is 7.05 Å². The first-order valence-corrected chi connectivity index (χ1v) is 5.90. The molecule has 1 amide bonds. The Hall–Kier alpha value is -1.59. The van der Waals surface area contributed by atoms with Crippen LogP contribution in [0.15, 0.2) is 24.3 Å². The van der Waals surface area contributed by atoms with E-state index in [1.54, 1.807) is 7.05 Å². The minimum Gasteiger partial charge on any atom is -0.491 e. The van der Waals surface area contributed by atoms with Crippen LogP contribution in [0.1, 0.15) is 19.4 Å². The number of benzene rings is 1. The Labute approximate surface area is 107 Å². The fourth-order valence-electron chi connectivity index (χ4n) is 1.37. The first-order valence-electron chi connectivity index (χ1n) is 5.90. The van der Waals surface area contributed by atoms with Crippen LogP contribution in [0.3, 0.4) is 0 Å². The molecule has 2 N–H and O–H groups in total. The summed E-state index contributed by atoms with van der Waals surface area (Å²) < 4.78 is 10.8. The van der Waals surface area contributed by atoms with Gasteiger partial charge in [-0.2, -0.15) is 0 Å². The average Bonchev–Trinajstić information content (AvgIpc) is 2.31. The van der Waals surface area contributed by atoms with E-state index in [0.717, 1.165) is 11.3 Å². The molecule has 18 heavy (non-hydrogen) atoms. The second-order valence-electron chi connectivity index (χ2n) is 4.10. The van der Waals surface area contributed by atoms with Crippen molar-refractivity contribution in [2.24, 2.45) is 0 Å². The van der Waals surface area contributed by atoms with Gasteiger partial charge in [-0.1, -0.05) is 12.1 Å². The van der Waals surface area contributed by atoms with Crippen LogP contribution in [0.4, 0.5) is 0 Å². The quantitative estimate of drug-likeness (QED) is 0.717. The third-order valence-electron chi connectivity index (χ3n) is 2.06. The smallest absolute Gasteiger partial charge is 0.260 e. The van der Waals surface area contributed by atoms with Gasteiger partial charge in [-0.05, 0) is 31.5 Å². The number of rotatable bonds is 7. The third-order valence-corrected chi connectivity index (χ3v) is 2.06. The predicted molar refractivity (Wildman–Crippen MR) is 69.1 cm³/mol. The van der Waals surface area contributed by atoms with Gasteiger partial charge in [0.1, 0.15) is 12.4 Å². The molecule has 0 fully saturated rings. The van der Waals surface area contributed by atoms with Gasteiger partial charge >= 0.3 is 0 Å². The van der Waals surface area contributed by atoms with Gasteiger partial charge in [0.05, 0.1) is 12.7 Å². The van der Waals surface area contributed by atoms with Gasteiger partial charge in [-0.3, -0.25) is 10.2 Å². The van der Waals surface area contributed by atoms with Crippen molar-refractivity contribution in [2.45, 2.75) is 26.6 Å². The lowest BCUT2D eigenvalue weighted by Crippen LogP contribution is -2.36. The molecule has 5 nitrogen and oxygen atoms in total. The molecule has 0 aliphatic carbocycles. The minimum absolute atomic E-state index is 0.0328. The lowest BCUT2D eigenvalue weighted by Gasteiger charge is -2.10. The fourth-order valence-corrected chi connectivity index (χ4v) is 1.37. The molecule has 1 aromatic rings. The average molecular weight is 252 g/mol.